The molecule has 0 saturated heterocycles. The van der Waals surface area contributed by atoms with Crippen LogP contribution in [0.4, 0.5) is 5.69 Å². The molecule has 1 aliphatic heterocycles. The van der Waals surface area contributed by atoms with Gasteiger partial charge in [0.05, 0.1) is 6.04 Å². The summed E-state index contributed by atoms with van der Waals surface area (Å²) in [6.07, 6.45) is 2.64. The zero-order chi connectivity index (χ0) is 15.4. The maximum Gasteiger partial charge on any atom is 0.227 e. The van der Waals surface area contributed by atoms with Crippen LogP contribution in [0.15, 0.2) is 24.3 Å². The molecule has 1 aromatic carbocycles. The van der Waals surface area contributed by atoms with E-state index in [9.17, 15) is 9.59 Å². The minimum Gasteiger partial charge on any atom is -0.326 e. The van der Waals surface area contributed by atoms with E-state index in [1.54, 1.807) is 0 Å². The van der Waals surface area contributed by atoms with Gasteiger partial charge in [0, 0.05) is 18.0 Å². The van der Waals surface area contributed by atoms with Gasteiger partial charge < -0.3 is 11.1 Å². The molecular formula is C17H24N2O2. The quantitative estimate of drug-likeness (QED) is 0.771. The molecule has 4 nitrogen and oxygen atoms in total. The monoisotopic (exact) mass is 288 g/mol. The van der Waals surface area contributed by atoms with E-state index in [0.717, 1.165) is 24.1 Å². The molecule has 1 unspecified atom stereocenters. The lowest BCUT2D eigenvalue weighted by molar-refractivity contribution is -0.120. The molecule has 4 heteroatoms. The van der Waals surface area contributed by atoms with E-state index in [1.807, 2.05) is 38.1 Å². The number of benzene rings is 1. The standard InChI is InChI=1S/C17H24N2O2/c1-11-6-5-8-14(18)16(20)10-12(2)13-7-3-4-9-15(13)19-17(11)21/h3-4,7,9,11-12,14H,5-6,8,10,18H2,1-2H3,(H,19,21)/t11-,12?,14+/m1/s1. The summed E-state index contributed by atoms with van der Waals surface area (Å²) in [5.74, 6) is 0.122. The highest BCUT2D eigenvalue weighted by Gasteiger charge is 2.22. The third kappa shape index (κ3) is 3.91. The molecule has 3 atom stereocenters. The maximum absolute atomic E-state index is 12.2. The second kappa shape index (κ2) is 6.85. The predicted molar refractivity (Wildman–Crippen MR) is 84.1 cm³/mol. The zero-order valence-electron chi connectivity index (χ0n) is 12.8. The van der Waals surface area contributed by atoms with Crippen LogP contribution in [0.1, 0.15) is 51.0 Å². The Hall–Kier alpha value is -1.68. The van der Waals surface area contributed by atoms with E-state index < -0.39 is 6.04 Å². The average molecular weight is 288 g/mol. The maximum atomic E-state index is 12.2. The van der Waals surface area contributed by atoms with Crippen molar-refractivity contribution in [2.45, 2.75) is 51.5 Å². The van der Waals surface area contributed by atoms with Crippen molar-refractivity contribution in [2.75, 3.05) is 5.32 Å². The van der Waals surface area contributed by atoms with Crippen LogP contribution in [0.3, 0.4) is 0 Å². The van der Waals surface area contributed by atoms with E-state index in [0.29, 0.717) is 12.8 Å². The molecule has 0 aromatic heterocycles. The lowest BCUT2D eigenvalue weighted by atomic mass is 9.89. The summed E-state index contributed by atoms with van der Waals surface area (Å²) in [6.45, 7) is 3.92. The fraction of sp³-hybridized carbons (Fsp3) is 0.529. The first-order chi connectivity index (χ1) is 9.99. The van der Waals surface area contributed by atoms with Crippen molar-refractivity contribution in [3.05, 3.63) is 29.8 Å². The van der Waals surface area contributed by atoms with Crippen LogP contribution in [0.2, 0.25) is 0 Å². The first-order valence-electron chi connectivity index (χ1n) is 7.67. The molecule has 0 spiro atoms. The molecule has 21 heavy (non-hydrogen) atoms. The van der Waals surface area contributed by atoms with Gasteiger partial charge in [-0.3, -0.25) is 9.59 Å². The summed E-state index contributed by atoms with van der Waals surface area (Å²) in [5, 5.41) is 3.00. The topological polar surface area (TPSA) is 72.2 Å². The molecule has 0 aliphatic carbocycles. The summed E-state index contributed by atoms with van der Waals surface area (Å²) >= 11 is 0. The summed E-state index contributed by atoms with van der Waals surface area (Å²) in [5.41, 5.74) is 7.78. The van der Waals surface area contributed by atoms with Crippen LogP contribution in [0.25, 0.3) is 0 Å². The molecular weight excluding hydrogens is 264 g/mol. The van der Waals surface area contributed by atoms with Crippen molar-refractivity contribution in [1.82, 2.24) is 0 Å². The fourth-order valence-electron chi connectivity index (χ4n) is 2.80. The number of ketones is 1. The van der Waals surface area contributed by atoms with Gasteiger partial charge in [-0.05, 0) is 30.4 Å². The van der Waals surface area contributed by atoms with E-state index in [2.05, 4.69) is 5.32 Å². The van der Waals surface area contributed by atoms with Gasteiger partial charge in [0.25, 0.3) is 0 Å². The van der Waals surface area contributed by atoms with Gasteiger partial charge in [0.1, 0.15) is 5.78 Å². The molecule has 114 valence electrons. The third-order valence-corrected chi connectivity index (χ3v) is 4.27. The van der Waals surface area contributed by atoms with E-state index >= 15 is 0 Å². The average Bonchev–Trinajstić information content (AvgIpc) is 2.46. The minimum atomic E-state index is -0.408. The zero-order valence-corrected chi connectivity index (χ0v) is 12.8. The fourth-order valence-corrected chi connectivity index (χ4v) is 2.80. The van der Waals surface area contributed by atoms with E-state index in [-0.39, 0.29) is 23.5 Å². The second-order valence-corrected chi connectivity index (χ2v) is 6.09. The van der Waals surface area contributed by atoms with Crippen molar-refractivity contribution in [1.29, 1.82) is 0 Å². The van der Waals surface area contributed by atoms with Gasteiger partial charge in [0.2, 0.25) is 5.91 Å². The number of carbonyl (C=O) groups excluding carboxylic acids is 2. The summed E-state index contributed by atoms with van der Waals surface area (Å²) in [4.78, 5) is 24.4. The van der Waals surface area contributed by atoms with Crippen LogP contribution in [0, 0.1) is 5.92 Å². The van der Waals surface area contributed by atoms with Crippen LogP contribution in [-0.2, 0) is 9.59 Å². The Bertz CT molecular complexity index is 527. The molecule has 1 amide bonds. The number of para-hydroxylation sites is 1. The number of fused-ring (bicyclic) bond motifs is 1. The highest BCUT2D eigenvalue weighted by molar-refractivity contribution is 5.93. The van der Waals surface area contributed by atoms with E-state index in [1.165, 1.54) is 0 Å². The molecule has 1 aliphatic rings. The molecule has 2 rings (SSSR count). The number of nitrogens with two attached hydrogens (primary N) is 1. The third-order valence-electron chi connectivity index (χ3n) is 4.27. The van der Waals surface area contributed by atoms with Crippen molar-refractivity contribution in [3.8, 4) is 0 Å². The number of Topliss-reactive ketones (excluding diaryl/α,β-unsaturated/α-hetero) is 1. The van der Waals surface area contributed by atoms with Crippen molar-refractivity contribution < 1.29 is 9.59 Å². The van der Waals surface area contributed by atoms with Crippen molar-refractivity contribution in [3.63, 3.8) is 0 Å². The number of hydrogen-bond donors (Lipinski definition) is 2. The molecule has 0 bridgehead atoms. The van der Waals surface area contributed by atoms with Gasteiger partial charge in [-0.1, -0.05) is 38.5 Å². The second-order valence-electron chi connectivity index (χ2n) is 6.09. The highest BCUT2D eigenvalue weighted by atomic mass is 16.2. The highest BCUT2D eigenvalue weighted by Crippen LogP contribution is 2.29. The minimum absolute atomic E-state index is 0.0371. The lowest BCUT2D eigenvalue weighted by Crippen LogP contribution is -2.32. The number of amides is 1. The summed E-state index contributed by atoms with van der Waals surface area (Å²) in [7, 11) is 0. The summed E-state index contributed by atoms with van der Waals surface area (Å²) in [6, 6.07) is 7.29. The van der Waals surface area contributed by atoms with Gasteiger partial charge >= 0.3 is 0 Å². The molecule has 1 heterocycles. The molecule has 0 fully saturated rings. The van der Waals surface area contributed by atoms with Crippen LogP contribution >= 0.6 is 0 Å². The van der Waals surface area contributed by atoms with Crippen molar-refractivity contribution >= 4 is 17.4 Å². The first kappa shape index (κ1) is 15.7. The van der Waals surface area contributed by atoms with Gasteiger partial charge in [-0.2, -0.15) is 0 Å². The molecule has 0 radical (unpaired) electrons. The number of hydrogen-bond acceptors (Lipinski definition) is 3. The Morgan fingerprint density at radius 3 is 2.57 bits per heavy atom. The van der Waals surface area contributed by atoms with Crippen LogP contribution < -0.4 is 11.1 Å². The Labute approximate surface area is 126 Å². The Morgan fingerprint density at radius 2 is 1.81 bits per heavy atom. The smallest absolute Gasteiger partial charge is 0.227 e. The number of anilines is 1. The number of carbonyl (C=O) groups is 2. The van der Waals surface area contributed by atoms with E-state index in [4.69, 9.17) is 5.73 Å². The summed E-state index contributed by atoms with van der Waals surface area (Å²) < 4.78 is 0. The molecule has 3 N–H and O–H groups in total. The first-order valence-corrected chi connectivity index (χ1v) is 7.67. The Balaban J connectivity index is 2.31. The van der Waals surface area contributed by atoms with Gasteiger partial charge in [-0.25, -0.2) is 0 Å². The van der Waals surface area contributed by atoms with Crippen LogP contribution in [0.5, 0.6) is 0 Å². The normalized spacial score (nSPS) is 28.0. The predicted octanol–water partition coefficient (Wildman–Crippen LogP) is 2.84. The van der Waals surface area contributed by atoms with Crippen LogP contribution in [-0.4, -0.2) is 17.7 Å². The molecule has 1 aromatic rings. The SMILES string of the molecule is CC1CC(=O)[C@@H](N)CCC[C@@H](C)C(=O)Nc2ccccc21. The van der Waals surface area contributed by atoms with Gasteiger partial charge in [0.15, 0.2) is 0 Å². The number of nitrogens with one attached hydrogen (secondary N) is 1. The Kier molecular flexibility index (Phi) is 5.12. The van der Waals surface area contributed by atoms with Crippen molar-refractivity contribution in [2.24, 2.45) is 11.7 Å². The molecule has 0 saturated carbocycles. The van der Waals surface area contributed by atoms with Gasteiger partial charge in [-0.15, -0.1) is 0 Å². The number of rotatable bonds is 0. The lowest BCUT2D eigenvalue weighted by Gasteiger charge is -2.21. The largest absolute Gasteiger partial charge is 0.326 e. The Morgan fingerprint density at radius 1 is 1.10 bits per heavy atom.